The molecule has 2 aromatic rings. The first-order chi connectivity index (χ1) is 14.5. The number of piperazine rings is 1. The predicted molar refractivity (Wildman–Crippen MR) is 120 cm³/mol. The molecule has 0 spiro atoms. The summed E-state index contributed by atoms with van der Waals surface area (Å²) in [5, 5.41) is 6.43. The van der Waals surface area contributed by atoms with E-state index in [2.05, 4.69) is 41.8 Å². The van der Waals surface area contributed by atoms with Crippen LogP contribution in [0.4, 0.5) is 0 Å². The van der Waals surface area contributed by atoms with E-state index in [0.29, 0.717) is 19.5 Å². The van der Waals surface area contributed by atoms with Gasteiger partial charge in [-0.15, -0.1) is 0 Å². The van der Waals surface area contributed by atoms with Gasteiger partial charge in [-0.05, 0) is 36.0 Å². The highest BCUT2D eigenvalue weighted by atomic mass is 16.2. The van der Waals surface area contributed by atoms with Gasteiger partial charge in [-0.2, -0.15) is 0 Å². The van der Waals surface area contributed by atoms with Crippen molar-refractivity contribution in [3.05, 3.63) is 71.3 Å². The highest BCUT2D eigenvalue weighted by Gasteiger charge is 2.30. The molecule has 0 unspecified atom stereocenters. The van der Waals surface area contributed by atoms with Gasteiger partial charge in [0.2, 0.25) is 11.8 Å². The van der Waals surface area contributed by atoms with E-state index in [0.717, 1.165) is 31.4 Å². The number of benzene rings is 2. The molecular formula is C25H33N3O2. The Hall–Kier alpha value is -2.66. The lowest BCUT2D eigenvalue weighted by Gasteiger charge is -2.35. The Kier molecular flexibility index (Phi) is 8.03. The van der Waals surface area contributed by atoms with Crippen LogP contribution in [0, 0.1) is 0 Å². The van der Waals surface area contributed by atoms with Crippen molar-refractivity contribution >= 4 is 11.8 Å². The smallest absolute Gasteiger partial charge is 0.240 e. The summed E-state index contributed by atoms with van der Waals surface area (Å²) in [7, 11) is 0. The van der Waals surface area contributed by atoms with Crippen molar-refractivity contribution in [2.45, 2.75) is 58.2 Å². The van der Waals surface area contributed by atoms with Gasteiger partial charge in [-0.25, -0.2) is 0 Å². The predicted octanol–water partition coefficient (Wildman–Crippen LogP) is 3.08. The number of amides is 2. The number of rotatable bonds is 9. The maximum atomic E-state index is 13.1. The zero-order chi connectivity index (χ0) is 21.3. The van der Waals surface area contributed by atoms with Crippen molar-refractivity contribution in [2.75, 3.05) is 13.1 Å². The summed E-state index contributed by atoms with van der Waals surface area (Å²) in [4.78, 5) is 26.8. The van der Waals surface area contributed by atoms with Gasteiger partial charge in [0.15, 0.2) is 0 Å². The van der Waals surface area contributed by atoms with Gasteiger partial charge < -0.3 is 15.5 Å². The van der Waals surface area contributed by atoms with Crippen LogP contribution in [0.3, 0.4) is 0 Å². The van der Waals surface area contributed by atoms with E-state index in [1.54, 1.807) is 6.92 Å². The number of hydrogen-bond acceptors (Lipinski definition) is 3. The van der Waals surface area contributed by atoms with Crippen LogP contribution in [-0.4, -0.2) is 41.9 Å². The number of aryl methyl sites for hydroxylation is 1. The van der Waals surface area contributed by atoms with Crippen LogP contribution in [0.5, 0.6) is 0 Å². The van der Waals surface area contributed by atoms with Crippen molar-refractivity contribution in [1.82, 2.24) is 15.5 Å². The fourth-order valence-corrected chi connectivity index (χ4v) is 4.19. The van der Waals surface area contributed by atoms with E-state index in [1.165, 1.54) is 11.1 Å². The zero-order valence-electron chi connectivity index (χ0n) is 18.1. The average molecular weight is 408 g/mol. The molecule has 2 amide bonds. The Morgan fingerprint density at radius 1 is 1.13 bits per heavy atom. The summed E-state index contributed by atoms with van der Waals surface area (Å²) < 4.78 is 0. The van der Waals surface area contributed by atoms with Crippen LogP contribution in [0.1, 0.15) is 43.4 Å². The Bertz CT molecular complexity index is 837. The summed E-state index contributed by atoms with van der Waals surface area (Å²) in [5.41, 5.74) is 3.65. The highest BCUT2D eigenvalue weighted by molar-refractivity contribution is 5.83. The molecule has 1 fully saturated rings. The third-order valence-electron chi connectivity index (χ3n) is 5.54. The Morgan fingerprint density at radius 2 is 1.87 bits per heavy atom. The van der Waals surface area contributed by atoms with Crippen LogP contribution in [0.2, 0.25) is 0 Å². The number of carbonyl (C=O) groups is 2. The average Bonchev–Trinajstić information content (AvgIpc) is 2.72. The van der Waals surface area contributed by atoms with E-state index >= 15 is 0 Å². The van der Waals surface area contributed by atoms with E-state index in [4.69, 9.17) is 0 Å². The van der Waals surface area contributed by atoms with Gasteiger partial charge in [-0.3, -0.25) is 9.59 Å². The van der Waals surface area contributed by atoms with Gasteiger partial charge in [0, 0.05) is 32.6 Å². The lowest BCUT2D eigenvalue weighted by molar-refractivity contribution is -0.137. The molecule has 0 aromatic heterocycles. The molecule has 5 heteroatoms. The molecule has 1 saturated heterocycles. The fraction of sp³-hybridized carbons (Fsp3) is 0.440. The summed E-state index contributed by atoms with van der Waals surface area (Å²) in [6.45, 7) is 5.81. The molecule has 0 aliphatic carbocycles. The second-order valence-corrected chi connectivity index (χ2v) is 8.16. The third kappa shape index (κ3) is 6.42. The molecule has 3 rings (SSSR count). The molecule has 160 valence electrons. The van der Waals surface area contributed by atoms with Crippen LogP contribution in [0.15, 0.2) is 54.6 Å². The standard InChI is InChI=1S/C25H33N3O2/c1-3-8-20-11-7-12-22(15-20)16-23(27-19(2)29)17-24-25(30)28(14-13-26-24)18-21-9-5-4-6-10-21/h4-7,9-12,15,23-24,26H,3,8,13-14,16-18H2,1-2H3,(H,27,29)/t23-,24-/m0/s1. The Labute approximate surface area is 179 Å². The SMILES string of the molecule is CCCc1cccc(C[C@@H](C[C@@H]2NCCN(Cc3ccccc3)C2=O)NC(C)=O)c1. The van der Waals surface area contributed by atoms with Gasteiger partial charge in [-0.1, -0.05) is 67.9 Å². The monoisotopic (exact) mass is 407 g/mol. The first-order valence-corrected chi connectivity index (χ1v) is 11.0. The zero-order valence-corrected chi connectivity index (χ0v) is 18.1. The summed E-state index contributed by atoms with van der Waals surface area (Å²) >= 11 is 0. The molecule has 1 aliphatic rings. The van der Waals surface area contributed by atoms with Crippen LogP contribution < -0.4 is 10.6 Å². The van der Waals surface area contributed by atoms with E-state index < -0.39 is 0 Å². The number of nitrogens with zero attached hydrogens (tertiary/aromatic N) is 1. The van der Waals surface area contributed by atoms with Gasteiger partial charge in [0.25, 0.3) is 0 Å². The van der Waals surface area contributed by atoms with Crippen molar-refractivity contribution in [1.29, 1.82) is 0 Å². The lowest BCUT2D eigenvalue weighted by Crippen LogP contribution is -2.56. The first-order valence-electron chi connectivity index (χ1n) is 11.0. The molecule has 1 aliphatic heterocycles. The van der Waals surface area contributed by atoms with Gasteiger partial charge in [0.05, 0.1) is 6.04 Å². The largest absolute Gasteiger partial charge is 0.353 e. The minimum atomic E-state index is -0.280. The van der Waals surface area contributed by atoms with Crippen molar-refractivity contribution < 1.29 is 9.59 Å². The second kappa shape index (κ2) is 10.9. The lowest BCUT2D eigenvalue weighted by atomic mass is 9.95. The highest BCUT2D eigenvalue weighted by Crippen LogP contribution is 2.16. The van der Waals surface area contributed by atoms with E-state index in [1.807, 2.05) is 35.2 Å². The Morgan fingerprint density at radius 3 is 2.60 bits per heavy atom. The number of carbonyl (C=O) groups excluding carboxylic acids is 2. The van der Waals surface area contributed by atoms with Crippen molar-refractivity contribution in [3.63, 3.8) is 0 Å². The number of hydrogen-bond donors (Lipinski definition) is 2. The molecule has 1 heterocycles. The molecule has 0 saturated carbocycles. The van der Waals surface area contributed by atoms with Crippen LogP contribution in [-0.2, 0) is 29.0 Å². The minimum absolute atomic E-state index is 0.0610. The van der Waals surface area contributed by atoms with Crippen LogP contribution >= 0.6 is 0 Å². The number of nitrogens with one attached hydrogen (secondary N) is 2. The minimum Gasteiger partial charge on any atom is -0.353 e. The molecule has 2 aromatic carbocycles. The van der Waals surface area contributed by atoms with Crippen LogP contribution in [0.25, 0.3) is 0 Å². The van der Waals surface area contributed by atoms with Crippen molar-refractivity contribution in [2.24, 2.45) is 0 Å². The third-order valence-corrected chi connectivity index (χ3v) is 5.54. The first kappa shape index (κ1) is 22.0. The topological polar surface area (TPSA) is 61.4 Å². The fourth-order valence-electron chi connectivity index (χ4n) is 4.19. The van der Waals surface area contributed by atoms with E-state index in [-0.39, 0.29) is 23.9 Å². The molecular weight excluding hydrogens is 374 g/mol. The van der Waals surface area contributed by atoms with Gasteiger partial charge >= 0.3 is 0 Å². The summed E-state index contributed by atoms with van der Waals surface area (Å²) in [5.74, 6) is 0.0503. The van der Waals surface area contributed by atoms with E-state index in [9.17, 15) is 9.59 Å². The quantitative estimate of drug-likeness (QED) is 0.672. The second-order valence-electron chi connectivity index (χ2n) is 8.16. The van der Waals surface area contributed by atoms with Gasteiger partial charge in [0.1, 0.15) is 0 Å². The summed E-state index contributed by atoms with van der Waals surface area (Å²) in [6.07, 6.45) is 3.47. The maximum Gasteiger partial charge on any atom is 0.240 e. The Balaban J connectivity index is 1.66. The molecule has 0 radical (unpaired) electrons. The molecule has 30 heavy (non-hydrogen) atoms. The normalized spacial score (nSPS) is 17.6. The van der Waals surface area contributed by atoms with Crippen molar-refractivity contribution in [3.8, 4) is 0 Å². The maximum absolute atomic E-state index is 13.1. The molecule has 2 N–H and O–H groups in total. The molecule has 2 atom stereocenters. The summed E-state index contributed by atoms with van der Waals surface area (Å²) in [6, 6.07) is 18.3. The molecule has 0 bridgehead atoms. The molecule has 5 nitrogen and oxygen atoms in total.